The van der Waals surface area contributed by atoms with Crippen LogP contribution in [-0.4, -0.2) is 61.9 Å². The van der Waals surface area contributed by atoms with Crippen molar-refractivity contribution in [1.82, 2.24) is 9.80 Å². The van der Waals surface area contributed by atoms with Crippen LogP contribution in [0.4, 0.5) is 0 Å². The fraction of sp³-hybridized carbons (Fsp3) is 0.588. The maximum Gasteiger partial charge on any atom is 0.233 e. The molecule has 128 valence electrons. The number of carbonyl (C=O) groups is 1. The van der Waals surface area contributed by atoms with Crippen molar-refractivity contribution >= 4 is 17.7 Å². The van der Waals surface area contributed by atoms with Crippen LogP contribution in [0, 0.1) is 0 Å². The minimum atomic E-state index is 0.0536. The van der Waals surface area contributed by atoms with Gasteiger partial charge in [0, 0.05) is 13.1 Å². The highest BCUT2D eigenvalue weighted by Gasteiger charge is 2.33. The summed E-state index contributed by atoms with van der Waals surface area (Å²) in [4.78, 5) is 16.6. The first-order valence-corrected chi connectivity index (χ1v) is 9.04. The summed E-state index contributed by atoms with van der Waals surface area (Å²) in [6.07, 6.45) is 0. The van der Waals surface area contributed by atoms with Gasteiger partial charge in [0.05, 0.1) is 20.0 Å². The number of rotatable bonds is 8. The molecular formula is C17H26N2O3S. The van der Waals surface area contributed by atoms with Crippen LogP contribution >= 0.6 is 11.8 Å². The Morgan fingerprint density at radius 2 is 1.91 bits per heavy atom. The van der Waals surface area contributed by atoms with Crippen LogP contribution in [0.2, 0.25) is 0 Å². The van der Waals surface area contributed by atoms with Crippen molar-refractivity contribution < 1.29 is 14.3 Å². The highest BCUT2D eigenvalue weighted by molar-refractivity contribution is 8.00. The second kappa shape index (κ2) is 8.45. The van der Waals surface area contributed by atoms with Crippen LogP contribution < -0.4 is 9.47 Å². The SMILES string of the molecule is CCN(CC)CCN1C(=O)CSC1c1ccc(OC)c(OC)c1. The summed E-state index contributed by atoms with van der Waals surface area (Å²) in [5.74, 6) is 2.16. The van der Waals surface area contributed by atoms with Gasteiger partial charge in [-0.05, 0) is 30.8 Å². The molecule has 0 aromatic heterocycles. The number of hydrogen-bond acceptors (Lipinski definition) is 5. The molecule has 2 rings (SSSR count). The monoisotopic (exact) mass is 338 g/mol. The summed E-state index contributed by atoms with van der Waals surface area (Å²) in [5.41, 5.74) is 1.08. The molecule has 1 atom stereocenters. The second-order valence-corrected chi connectivity index (χ2v) is 6.46. The lowest BCUT2D eigenvalue weighted by Gasteiger charge is -2.27. The topological polar surface area (TPSA) is 42.0 Å². The normalized spacial score (nSPS) is 17.9. The molecular weight excluding hydrogens is 312 g/mol. The first-order chi connectivity index (χ1) is 11.1. The zero-order chi connectivity index (χ0) is 16.8. The van der Waals surface area contributed by atoms with Crippen molar-refractivity contribution in [2.75, 3.05) is 46.2 Å². The molecule has 0 N–H and O–H groups in total. The number of hydrogen-bond donors (Lipinski definition) is 0. The Balaban J connectivity index is 2.15. The van der Waals surface area contributed by atoms with Crippen molar-refractivity contribution in [2.24, 2.45) is 0 Å². The van der Waals surface area contributed by atoms with Crippen molar-refractivity contribution in [2.45, 2.75) is 19.2 Å². The predicted octanol–water partition coefficient (Wildman–Crippen LogP) is 2.62. The third-order valence-corrected chi connectivity index (χ3v) is 5.47. The molecule has 0 spiro atoms. The van der Waals surface area contributed by atoms with E-state index in [2.05, 4.69) is 18.7 Å². The summed E-state index contributed by atoms with van der Waals surface area (Å²) in [6.45, 7) is 7.97. The van der Waals surface area contributed by atoms with E-state index in [1.165, 1.54) is 0 Å². The average Bonchev–Trinajstić information content (AvgIpc) is 2.96. The number of likely N-dealkylation sites (N-methyl/N-ethyl adjacent to an activating group) is 1. The molecule has 23 heavy (non-hydrogen) atoms. The lowest BCUT2D eigenvalue weighted by Crippen LogP contribution is -2.37. The minimum Gasteiger partial charge on any atom is -0.493 e. The van der Waals surface area contributed by atoms with Gasteiger partial charge in [-0.15, -0.1) is 11.8 Å². The first-order valence-electron chi connectivity index (χ1n) is 7.99. The zero-order valence-electron chi connectivity index (χ0n) is 14.4. The summed E-state index contributed by atoms with van der Waals surface area (Å²) in [7, 11) is 3.26. The number of ether oxygens (including phenoxy) is 2. The van der Waals surface area contributed by atoms with Crippen molar-refractivity contribution in [3.05, 3.63) is 23.8 Å². The number of nitrogens with zero attached hydrogens (tertiary/aromatic N) is 2. The van der Waals surface area contributed by atoms with E-state index >= 15 is 0 Å². The number of carbonyl (C=O) groups excluding carboxylic acids is 1. The van der Waals surface area contributed by atoms with Gasteiger partial charge < -0.3 is 19.3 Å². The molecule has 0 bridgehead atoms. The van der Waals surface area contributed by atoms with Gasteiger partial charge >= 0.3 is 0 Å². The Bertz CT molecular complexity index is 535. The summed E-state index contributed by atoms with van der Waals surface area (Å²) < 4.78 is 10.7. The summed E-state index contributed by atoms with van der Waals surface area (Å²) >= 11 is 1.67. The molecule has 0 aliphatic carbocycles. The van der Waals surface area contributed by atoms with E-state index in [0.717, 1.165) is 31.7 Å². The highest BCUT2D eigenvalue weighted by atomic mass is 32.2. The predicted molar refractivity (Wildman–Crippen MR) is 94.2 cm³/mol. The molecule has 1 amide bonds. The van der Waals surface area contributed by atoms with E-state index < -0.39 is 0 Å². The molecule has 1 aliphatic heterocycles. The Kier molecular flexibility index (Phi) is 6.59. The minimum absolute atomic E-state index is 0.0536. The van der Waals surface area contributed by atoms with Gasteiger partial charge in [-0.25, -0.2) is 0 Å². The Hall–Kier alpha value is -1.40. The van der Waals surface area contributed by atoms with Gasteiger partial charge in [0.15, 0.2) is 11.5 Å². The highest BCUT2D eigenvalue weighted by Crippen LogP contribution is 2.41. The maximum atomic E-state index is 12.3. The smallest absolute Gasteiger partial charge is 0.233 e. The molecule has 0 saturated carbocycles. The lowest BCUT2D eigenvalue weighted by atomic mass is 10.1. The van der Waals surface area contributed by atoms with Gasteiger partial charge in [0.1, 0.15) is 5.37 Å². The third kappa shape index (κ3) is 4.12. The van der Waals surface area contributed by atoms with Crippen LogP contribution in [0.25, 0.3) is 0 Å². The standard InChI is InChI=1S/C17H26N2O3S/c1-5-18(6-2)9-10-19-16(20)12-23-17(19)13-7-8-14(21-3)15(11-13)22-4/h7-8,11,17H,5-6,9-10,12H2,1-4H3. The number of benzene rings is 1. The van der Waals surface area contributed by atoms with E-state index in [4.69, 9.17) is 9.47 Å². The number of thioether (sulfide) groups is 1. The van der Waals surface area contributed by atoms with Crippen LogP contribution in [0.1, 0.15) is 24.8 Å². The molecule has 0 radical (unpaired) electrons. The molecule has 1 aromatic carbocycles. The second-order valence-electron chi connectivity index (χ2n) is 5.39. The van der Waals surface area contributed by atoms with Gasteiger partial charge in [0.2, 0.25) is 5.91 Å². The van der Waals surface area contributed by atoms with E-state index in [1.807, 2.05) is 23.1 Å². The summed E-state index contributed by atoms with van der Waals surface area (Å²) in [6, 6.07) is 5.89. The van der Waals surface area contributed by atoms with Crippen molar-refractivity contribution in [3.8, 4) is 11.5 Å². The van der Waals surface area contributed by atoms with Gasteiger partial charge in [-0.3, -0.25) is 4.79 Å². The fourth-order valence-electron chi connectivity index (χ4n) is 2.77. The average molecular weight is 338 g/mol. The lowest BCUT2D eigenvalue weighted by molar-refractivity contribution is -0.128. The Morgan fingerprint density at radius 3 is 2.52 bits per heavy atom. The largest absolute Gasteiger partial charge is 0.493 e. The Labute approximate surface area is 142 Å². The molecule has 5 nitrogen and oxygen atoms in total. The van der Waals surface area contributed by atoms with Crippen LogP contribution in [0.3, 0.4) is 0 Å². The van der Waals surface area contributed by atoms with Crippen LogP contribution in [-0.2, 0) is 4.79 Å². The van der Waals surface area contributed by atoms with Gasteiger partial charge in [0.25, 0.3) is 0 Å². The first kappa shape index (κ1) is 17.9. The van der Waals surface area contributed by atoms with Gasteiger partial charge in [-0.1, -0.05) is 19.9 Å². The summed E-state index contributed by atoms with van der Waals surface area (Å²) in [5, 5.41) is 0.0536. The molecule has 6 heteroatoms. The molecule has 1 aliphatic rings. The Morgan fingerprint density at radius 1 is 1.22 bits per heavy atom. The molecule has 1 saturated heterocycles. The van der Waals surface area contributed by atoms with Crippen LogP contribution in [0.15, 0.2) is 18.2 Å². The third-order valence-electron chi connectivity index (χ3n) is 4.21. The van der Waals surface area contributed by atoms with E-state index in [1.54, 1.807) is 26.0 Å². The molecule has 1 heterocycles. The van der Waals surface area contributed by atoms with E-state index in [0.29, 0.717) is 17.3 Å². The van der Waals surface area contributed by atoms with Crippen molar-refractivity contribution in [3.63, 3.8) is 0 Å². The molecule has 1 unspecified atom stereocenters. The molecule has 1 fully saturated rings. The maximum absolute atomic E-state index is 12.3. The zero-order valence-corrected chi connectivity index (χ0v) is 15.2. The molecule has 1 aromatic rings. The van der Waals surface area contributed by atoms with E-state index in [9.17, 15) is 4.79 Å². The van der Waals surface area contributed by atoms with E-state index in [-0.39, 0.29) is 11.3 Å². The van der Waals surface area contributed by atoms with Crippen molar-refractivity contribution in [1.29, 1.82) is 0 Å². The number of amides is 1. The van der Waals surface area contributed by atoms with Gasteiger partial charge in [-0.2, -0.15) is 0 Å². The number of methoxy groups -OCH3 is 2. The van der Waals surface area contributed by atoms with Crippen LogP contribution in [0.5, 0.6) is 11.5 Å². The fourth-order valence-corrected chi connectivity index (χ4v) is 3.98. The quantitative estimate of drug-likeness (QED) is 0.729.